The Balaban J connectivity index is 1.56. The van der Waals surface area contributed by atoms with E-state index in [1.54, 1.807) is 36.7 Å². The number of fused-ring (bicyclic) bond motifs is 1. The molecule has 0 saturated heterocycles. The van der Waals surface area contributed by atoms with Gasteiger partial charge in [0, 0.05) is 29.0 Å². The third-order valence-corrected chi connectivity index (χ3v) is 5.46. The first-order chi connectivity index (χ1) is 17.0. The summed E-state index contributed by atoms with van der Waals surface area (Å²) in [4.78, 5) is 46.7. The Labute approximate surface area is 201 Å². The van der Waals surface area contributed by atoms with Crippen molar-refractivity contribution in [3.63, 3.8) is 0 Å². The van der Waals surface area contributed by atoms with E-state index in [1.807, 2.05) is 25.1 Å². The molecular weight excluding hydrogens is 448 g/mol. The lowest BCUT2D eigenvalue weighted by atomic mass is 10.2. The van der Waals surface area contributed by atoms with Crippen LogP contribution in [0.25, 0.3) is 22.3 Å². The summed E-state index contributed by atoms with van der Waals surface area (Å²) in [6, 6.07) is 12.5. The number of aromatic nitrogens is 4. The fourth-order valence-corrected chi connectivity index (χ4v) is 3.69. The molecule has 0 bridgehead atoms. The van der Waals surface area contributed by atoms with Gasteiger partial charge in [-0.2, -0.15) is 0 Å². The maximum Gasteiger partial charge on any atom is 0.418 e. The van der Waals surface area contributed by atoms with Crippen molar-refractivity contribution >= 4 is 28.6 Å². The van der Waals surface area contributed by atoms with Gasteiger partial charge in [0.05, 0.1) is 24.9 Å². The van der Waals surface area contributed by atoms with Gasteiger partial charge in [-0.05, 0) is 18.6 Å². The quantitative estimate of drug-likeness (QED) is 0.375. The zero-order chi connectivity index (χ0) is 24.8. The van der Waals surface area contributed by atoms with Crippen LogP contribution in [0.3, 0.4) is 0 Å². The Hall–Kier alpha value is -4.47. The van der Waals surface area contributed by atoms with Gasteiger partial charge in [0.15, 0.2) is 0 Å². The smallest absolute Gasteiger partial charge is 0.418 e. The van der Waals surface area contributed by atoms with Crippen LogP contribution in [-0.2, 0) is 22.6 Å². The third-order valence-electron chi connectivity index (χ3n) is 5.46. The Morgan fingerprint density at radius 2 is 1.94 bits per heavy atom. The largest absolute Gasteiger partial charge is 0.449 e. The van der Waals surface area contributed by atoms with Gasteiger partial charge in [-0.1, -0.05) is 43.7 Å². The van der Waals surface area contributed by atoms with E-state index in [0.29, 0.717) is 29.2 Å². The molecule has 0 radical (unpaired) electrons. The molecule has 10 nitrogen and oxygen atoms in total. The number of anilines is 1. The number of nitrogens with two attached hydrogens (primary N) is 1. The number of nitrogens with one attached hydrogen (secondary N) is 1. The molecule has 0 saturated carbocycles. The van der Waals surface area contributed by atoms with Crippen LogP contribution in [0.15, 0.2) is 65.8 Å². The summed E-state index contributed by atoms with van der Waals surface area (Å²) in [7, 11) is 0. The van der Waals surface area contributed by atoms with E-state index in [1.165, 1.54) is 15.3 Å². The normalized spacial score (nSPS) is 10.9. The second-order valence-electron chi connectivity index (χ2n) is 7.94. The number of hydrogen-bond donors (Lipinski definition) is 2. The highest BCUT2D eigenvalue weighted by Gasteiger charge is 2.18. The number of hydrogen-bond acceptors (Lipinski definition) is 7. The van der Waals surface area contributed by atoms with Gasteiger partial charge < -0.3 is 15.8 Å². The van der Waals surface area contributed by atoms with Gasteiger partial charge in [-0.3, -0.25) is 19.1 Å². The number of nitrogen functional groups attached to an aromatic ring is 1. The summed E-state index contributed by atoms with van der Waals surface area (Å²) in [5.41, 5.74) is 7.05. The highest BCUT2D eigenvalue weighted by molar-refractivity contribution is 5.90. The molecule has 1 aromatic carbocycles. The van der Waals surface area contributed by atoms with Crippen LogP contribution in [0, 0.1) is 0 Å². The van der Waals surface area contributed by atoms with Gasteiger partial charge in [0.2, 0.25) is 5.91 Å². The van der Waals surface area contributed by atoms with Gasteiger partial charge in [-0.15, -0.1) is 0 Å². The third kappa shape index (κ3) is 5.21. The molecule has 0 unspecified atom stereocenters. The first-order valence-corrected chi connectivity index (χ1v) is 11.3. The van der Waals surface area contributed by atoms with Crippen LogP contribution in [0.5, 0.6) is 0 Å². The summed E-state index contributed by atoms with van der Waals surface area (Å²) in [5.74, 6) is -0.106. The maximum absolute atomic E-state index is 12.9. The molecule has 0 atom stereocenters. The number of amides is 1. The van der Waals surface area contributed by atoms with Gasteiger partial charge in [0.25, 0.3) is 5.56 Å². The van der Waals surface area contributed by atoms with Crippen LogP contribution < -0.4 is 16.6 Å². The van der Waals surface area contributed by atoms with Crippen LogP contribution in [-0.4, -0.2) is 37.7 Å². The predicted molar refractivity (Wildman–Crippen MR) is 132 cm³/mol. The average Bonchev–Trinajstić information content (AvgIpc) is 3.25. The molecule has 3 N–H and O–H groups in total. The number of carbonyl (C=O) groups excluding carboxylic acids is 2. The number of unbranched alkanes of at least 4 members (excludes halogenated alkanes) is 1. The van der Waals surface area contributed by atoms with Crippen molar-refractivity contribution in [2.75, 3.05) is 12.3 Å². The Morgan fingerprint density at radius 3 is 2.71 bits per heavy atom. The molecule has 0 aliphatic carbocycles. The van der Waals surface area contributed by atoms with Crippen molar-refractivity contribution in [1.29, 1.82) is 0 Å². The highest BCUT2D eigenvalue weighted by Crippen LogP contribution is 2.20. The highest BCUT2D eigenvalue weighted by atomic mass is 16.5. The number of pyridine rings is 1. The minimum absolute atomic E-state index is 0.0432. The minimum Gasteiger partial charge on any atom is -0.449 e. The van der Waals surface area contributed by atoms with Gasteiger partial charge in [-0.25, -0.2) is 14.3 Å². The number of rotatable bonds is 8. The van der Waals surface area contributed by atoms with Crippen LogP contribution in [0.4, 0.5) is 10.5 Å². The predicted octanol–water partition coefficient (Wildman–Crippen LogP) is 2.94. The number of carbonyl (C=O) groups is 2. The fraction of sp³-hybridized carbons (Fsp3) is 0.240. The molecule has 3 aromatic heterocycles. The van der Waals surface area contributed by atoms with Crippen LogP contribution in [0.1, 0.15) is 25.5 Å². The number of benzene rings is 1. The lowest BCUT2D eigenvalue weighted by Gasteiger charge is -2.14. The van der Waals surface area contributed by atoms with E-state index in [9.17, 15) is 14.4 Å². The molecular formula is C25H26N6O4. The Kier molecular flexibility index (Phi) is 7.20. The molecule has 1 amide bonds. The standard InChI is InChI=1S/C25H26N6O4/c1-2-3-11-35-25(34)31-19(12-18-13-27-10-9-21(18)31)14-28-22(32)16-30-23(17-7-5-4-6-8-17)29-15-20(26)24(30)33/h4-10,12-13,15H,2-3,11,14,16,26H2,1H3,(H,28,32). The molecule has 10 heteroatoms. The molecule has 3 heterocycles. The lowest BCUT2D eigenvalue weighted by Crippen LogP contribution is -2.34. The zero-order valence-electron chi connectivity index (χ0n) is 19.3. The summed E-state index contributed by atoms with van der Waals surface area (Å²) in [6.45, 7) is 2.07. The molecule has 35 heavy (non-hydrogen) atoms. The maximum atomic E-state index is 12.9. The van der Waals surface area contributed by atoms with Crippen LogP contribution in [0.2, 0.25) is 0 Å². The Morgan fingerprint density at radius 1 is 1.14 bits per heavy atom. The summed E-state index contributed by atoms with van der Waals surface area (Å²) >= 11 is 0. The second kappa shape index (κ2) is 10.6. The summed E-state index contributed by atoms with van der Waals surface area (Å²) in [5, 5.41) is 3.52. The van der Waals surface area contributed by atoms with E-state index in [0.717, 1.165) is 18.2 Å². The van der Waals surface area contributed by atoms with Crippen molar-refractivity contribution in [1.82, 2.24) is 24.4 Å². The molecule has 180 valence electrons. The van der Waals surface area contributed by atoms with E-state index in [4.69, 9.17) is 10.5 Å². The number of ether oxygens (including phenoxy) is 1. The SMILES string of the molecule is CCCCOC(=O)n1c(CNC(=O)Cn2c(-c3ccccc3)ncc(N)c2=O)cc2cnccc21. The number of nitrogens with zero attached hydrogens (tertiary/aromatic N) is 4. The van der Waals surface area contributed by atoms with Crippen molar-refractivity contribution in [3.8, 4) is 11.4 Å². The molecule has 4 aromatic rings. The van der Waals surface area contributed by atoms with E-state index in [-0.39, 0.29) is 18.8 Å². The molecule has 4 rings (SSSR count). The second-order valence-corrected chi connectivity index (χ2v) is 7.94. The van der Waals surface area contributed by atoms with Crippen molar-refractivity contribution in [3.05, 3.63) is 77.1 Å². The topological polar surface area (TPSA) is 134 Å². The minimum atomic E-state index is -0.522. The summed E-state index contributed by atoms with van der Waals surface area (Å²) in [6.07, 6.45) is 5.65. The molecule has 0 aliphatic rings. The average molecular weight is 475 g/mol. The Bertz CT molecular complexity index is 1410. The molecule has 0 fully saturated rings. The van der Waals surface area contributed by atoms with E-state index < -0.39 is 17.6 Å². The van der Waals surface area contributed by atoms with Crippen molar-refractivity contribution < 1.29 is 14.3 Å². The van der Waals surface area contributed by atoms with Crippen LogP contribution >= 0.6 is 0 Å². The van der Waals surface area contributed by atoms with E-state index >= 15 is 0 Å². The first kappa shape index (κ1) is 23.7. The first-order valence-electron chi connectivity index (χ1n) is 11.3. The summed E-state index contributed by atoms with van der Waals surface area (Å²) < 4.78 is 8.06. The molecule has 0 spiro atoms. The monoisotopic (exact) mass is 474 g/mol. The van der Waals surface area contributed by atoms with Crippen molar-refractivity contribution in [2.45, 2.75) is 32.9 Å². The van der Waals surface area contributed by atoms with Gasteiger partial charge in [0.1, 0.15) is 18.1 Å². The van der Waals surface area contributed by atoms with Crippen molar-refractivity contribution in [2.24, 2.45) is 0 Å². The fourth-order valence-electron chi connectivity index (χ4n) is 3.69. The zero-order valence-corrected chi connectivity index (χ0v) is 19.3. The van der Waals surface area contributed by atoms with Gasteiger partial charge >= 0.3 is 6.09 Å². The molecule has 0 aliphatic heterocycles. The lowest BCUT2D eigenvalue weighted by molar-refractivity contribution is -0.121. The van der Waals surface area contributed by atoms with E-state index in [2.05, 4.69) is 15.3 Å².